The largest absolute Gasteiger partial charge is 0.494 e. The highest BCUT2D eigenvalue weighted by molar-refractivity contribution is 9.10. The first-order valence-corrected chi connectivity index (χ1v) is 6.63. The van der Waals surface area contributed by atoms with Gasteiger partial charge in [0.2, 0.25) is 0 Å². The lowest BCUT2D eigenvalue weighted by molar-refractivity contribution is 0.385. The molecule has 0 spiro atoms. The van der Waals surface area contributed by atoms with Crippen molar-refractivity contribution in [3.8, 4) is 5.75 Å². The van der Waals surface area contributed by atoms with Gasteiger partial charge in [-0.05, 0) is 42.3 Å². The molecule has 0 aromatic heterocycles. The van der Waals surface area contributed by atoms with E-state index >= 15 is 0 Å². The van der Waals surface area contributed by atoms with Crippen LogP contribution in [0.2, 0.25) is 0 Å². The van der Waals surface area contributed by atoms with Crippen LogP contribution in [0.3, 0.4) is 0 Å². The zero-order chi connectivity index (χ0) is 14.0. The number of nitrogens with two attached hydrogens (primary N) is 1. The van der Waals surface area contributed by atoms with E-state index in [0.29, 0.717) is 5.56 Å². The topological polar surface area (TPSA) is 35.2 Å². The minimum atomic E-state index is -0.756. The summed E-state index contributed by atoms with van der Waals surface area (Å²) in [6.07, 6.45) is 0. The number of ether oxygens (including phenoxy) is 1. The SMILES string of the molecule is COc1ccc(C(C)(N)c2ccc(Br)cc2)cc1F. The summed E-state index contributed by atoms with van der Waals surface area (Å²) in [5, 5.41) is 0. The molecule has 0 saturated heterocycles. The van der Waals surface area contributed by atoms with Gasteiger partial charge >= 0.3 is 0 Å². The Morgan fingerprint density at radius 1 is 1.11 bits per heavy atom. The van der Waals surface area contributed by atoms with E-state index in [1.165, 1.54) is 13.2 Å². The van der Waals surface area contributed by atoms with Gasteiger partial charge in [0.15, 0.2) is 11.6 Å². The molecule has 0 amide bonds. The van der Waals surface area contributed by atoms with Crippen LogP contribution in [0.4, 0.5) is 4.39 Å². The van der Waals surface area contributed by atoms with E-state index in [1.807, 2.05) is 31.2 Å². The molecule has 2 N–H and O–H groups in total. The van der Waals surface area contributed by atoms with E-state index in [9.17, 15) is 4.39 Å². The molecular weight excluding hydrogens is 309 g/mol. The summed E-state index contributed by atoms with van der Waals surface area (Å²) in [4.78, 5) is 0. The van der Waals surface area contributed by atoms with Gasteiger partial charge in [0.1, 0.15) is 0 Å². The van der Waals surface area contributed by atoms with Gasteiger partial charge in [-0.1, -0.05) is 34.1 Å². The summed E-state index contributed by atoms with van der Waals surface area (Å²) < 4.78 is 19.7. The van der Waals surface area contributed by atoms with Gasteiger partial charge in [0.05, 0.1) is 12.6 Å². The maximum atomic E-state index is 13.8. The Balaban J connectivity index is 2.43. The van der Waals surface area contributed by atoms with E-state index < -0.39 is 11.4 Å². The minimum Gasteiger partial charge on any atom is -0.494 e. The number of methoxy groups -OCH3 is 1. The number of benzene rings is 2. The van der Waals surface area contributed by atoms with Crippen molar-refractivity contribution in [1.29, 1.82) is 0 Å². The number of halogens is 2. The first-order chi connectivity index (χ1) is 8.95. The van der Waals surface area contributed by atoms with Gasteiger partial charge < -0.3 is 10.5 Å². The van der Waals surface area contributed by atoms with Crippen molar-refractivity contribution >= 4 is 15.9 Å². The summed E-state index contributed by atoms with van der Waals surface area (Å²) in [5.74, 6) is -0.191. The molecule has 0 aliphatic carbocycles. The predicted octanol–water partition coefficient (Wildman–Crippen LogP) is 3.82. The lowest BCUT2D eigenvalue weighted by Crippen LogP contribution is -2.34. The van der Waals surface area contributed by atoms with E-state index in [4.69, 9.17) is 10.5 Å². The van der Waals surface area contributed by atoms with Gasteiger partial charge in [-0.15, -0.1) is 0 Å². The highest BCUT2D eigenvalue weighted by atomic mass is 79.9. The average Bonchev–Trinajstić information content (AvgIpc) is 2.39. The molecule has 1 atom stereocenters. The molecule has 0 aliphatic rings. The number of rotatable bonds is 3. The Morgan fingerprint density at radius 3 is 2.21 bits per heavy atom. The molecule has 0 fully saturated rings. The quantitative estimate of drug-likeness (QED) is 0.931. The van der Waals surface area contributed by atoms with Crippen LogP contribution in [0.1, 0.15) is 18.1 Å². The molecule has 4 heteroatoms. The summed E-state index contributed by atoms with van der Waals surface area (Å²) in [6.45, 7) is 1.86. The van der Waals surface area contributed by atoms with Crippen LogP contribution in [0, 0.1) is 5.82 Å². The molecule has 0 heterocycles. The molecule has 0 saturated carbocycles. The fourth-order valence-corrected chi connectivity index (χ4v) is 2.22. The molecule has 0 radical (unpaired) electrons. The van der Waals surface area contributed by atoms with Crippen LogP contribution in [-0.2, 0) is 5.54 Å². The Morgan fingerprint density at radius 2 is 1.68 bits per heavy atom. The first kappa shape index (κ1) is 14.0. The monoisotopic (exact) mass is 323 g/mol. The molecule has 1 unspecified atom stereocenters. The van der Waals surface area contributed by atoms with Crippen molar-refractivity contribution in [2.45, 2.75) is 12.5 Å². The standard InChI is InChI=1S/C15H15BrFNO/c1-15(18,10-3-6-12(16)7-4-10)11-5-8-14(19-2)13(17)9-11/h3-9H,18H2,1-2H3. The van der Waals surface area contributed by atoms with Gasteiger partial charge in [0.25, 0.3) is 0 Å². The molecular formula is C15H15BrFNO. The highest BCUT2D eigenvalue weighted by Crippen LogP contribution is 2.30. The van der Waals surface area contributed by atoms with Crippen LogP contribution in [0.5, 0.6) is 5.75 Å². The van der Waals surface area contributed by atoms with Gasteiger partial charge in [-0.25, -0.2) is 4.39 Å². The second kappa shape index (κ2) is 5.31. The summed E-state index contributed by atoms with van der Waals surface area (Å²) >= 11 is 3.38. The number of hydrogen-bond donors (Lipinski definition) is 1. The van der Waals surface area contributed by atoms with Crippen molar-refractivity contribution < 1.29 is 9.13 Å². The summed E-state index contributed by atoms with van der Waals surface area (Å²) in [6, 6.07) is 12.5. The molecule has 2 rings (SSSR count). The minimum absolute atomic E-state index is 0.218. The van der Waals surface area contributed by atoms with E-state index in [0.717, 1.165) is 10.0 Å². The molecule has 2 aromatic carbocycles. The summed E-state index contributed by atoms with van der Waals surface area (Å²) in [5.41, 5.74) is 7.21. The van der Waals surface area contributed by atoms with Gasteiger partial charge in [-0.3, -0.25) is 0 Å². The van der Waals surface area contributed by atoms with Crippen molar-refractivity contribution in [2.24, 2.45) is 5.73 Å². The van der Waals surface area contributed by atoms with E-state index in [2.05, 4.69) is 15.9 Å². The van der Waals surface area contributed by atoms with Crippen molar-refractivity contribution in [3.05, 3.63) is 63.9 Å². The van der Waals surface area contributed by atoms with Crippen molar-refractivity contribution in [2.75, 3.05) is 7.11 Å². The maximum Gasteiger partial charge on any atom is 0.165 e. The van der Waals surface area contributed by atoms with Crippen LogP contribution >= 0.6 is 15.9 Å². The van der Waals surface area contributed by atoms with Crippen molar-refractivity contribution in [1.82, 2.24) is 0 Å². The normalized spacial score (nSPS) is 13.9. The zero-order valence-electron chi connectivity index (χ0n) is 10.8. The molecule has 2 aromatic rings. The average molecular weight is 324 g/mol. The molecule has 0 bridgehead atoms. The molecule has 100 valence electrons. The Bertz CT molecular complexity index is 581. The third-order valence-corrected chi connectivity index (χ3v) is 3.72. The fourth-order valence-electron chi connectivity index (χ4n) is 1.95. The second-order valence-electron chi connectivity index (χ2n) is 4.56. The van der Waals surface area contributed by atoms with E-state index in [-0.39, 0.29) is 5.75 Å². The zero-order valence-corrected chi connectivity index (χ0v) is 12.4. The molecule has 2 nitrogen and oxygen atoms in total. The Kier molecular flexibility index (Phi) is 3.92. The molecule has 0 aliphatic heterocycles. The number of hydrogen-bond acceptors (Lipinski definition) is 2. The van der Waals surface area contributed by atoms with Crippen molar-refractivity contribution in [3.63, 3.8) is 0 Å². The van der Waals surface area contributed by atoms with Gasteiger partial charge in [0, 0.05) is 4.47 Å². The lowest BCUT2D eigenvalue weighted by Gasteiger charge is -2.26. The van der Waals surface area contributed by atoms with Gasteiger partial charge in [-0.2, -0.15) is 0 Å². The van der Waals surface area contributed by atoms with Crippen LogP contribution in [-0.4, -0.2) is 7.11 Å². The van der Waals surface area contributed by atoms with E-state index in [1.54, 1.807) is 12.1 Å². The smallest absolute Gasteiger partial charge is 0.165 e. The Labute approximate surface area is 120 Å². The third kappa shape index (κ3) is 2.80. The third-order valence-electron chi connectivity index (χ3n) is 3.20. The predicted molar refractivity (Wildman–Crippen MR) is 77.7 cm³/mol. The van der Waals surface area contributed by atoms with Crippen LogP contribution in [0.15, 0.2) is 46.9 Å². The highest BCUT2D eigenvalue weighted by Gasteiger charge is 2.24. The molecule has 19 heavy (non-hydrogen) atoms. The lowest BCUT2D eigenvalue weighted by atomic mass is 9.85. The maximum absolute atomic E-state index is 13.8. The first-order valence-electron chi connectivity index (χ1n) is 5.84. The fraction of sp³-hybridized carbons (Fsp3) is 0.200. The summed E-state index contributed by atoms with van der Waals surface area (Å²) in [7, 11) is 1.44. The van der Waals surface area contributed by atoms with Crippen LogP contribution < -0.4 is 10.5 Å². The van der Waals surface area contributed by atoms with Crippen LogP contribution in [0.25, 0.3) is 0 Å². The second-order valence-corrected chi connectivity index (χ2v) is 5.47. The Hall–Kier alpha value is -1.39.